The quantitative estimate of drug-likeness (QED) is 0.170. The first-order valence-electron chi connectivity index (χ1n) is 13.2. The summed E-state index contributed by atoms with van der Waals surface area (Å²) in [6.45, 7) is 0.876. The summed E-state index contributed by atoms with van der Waals surface area (Å²) in [5, 5.41) is 58.9. The summed E-state index contributed by atoms with van der Waals surface area (Å²) in [6, 6.07) is 7.96. The van der Waals surface area contributed by atoms with Gasteiger partial charge in [0.15, 0.2) is 0 Å². The Labute approximate surface area is 300 Å². The number of hydrogen-bond donors (Lipinski definition) is 2. The molecule has 1 heterocycles. The zero-order valence-corrected chi connectivity index (χ0v) is 28.1. The topological polar surface area (TPSA) is 206 Å². The predicted molar refractivity (Wildman–Crippen MR) is 134 cm³/mol. The fourth-order valence-electron chi connectivity index (χ4n) is 4.51. The van der Waals surface area contributed by atoms with Crippen molar-refractivity contribution in [2.75, 3.05) is 85.1 Å². The van der Waals surface area contributed by atoms with Crippen molar-refractivity contribution in [2.45, 2.75) is 18.6 Å². The fraction of sp³-hybridized carbons (Fsp3) is 0.615. The van der Waals surface area contributed by atoms with Crippen LogP contribution in [-0.4, -0.2) is 146 Å². The molecular formula is C26H37GdN5NaO9. The molecule has 2 rings (SSSR count). The number of nitrogens with one attached hydrogen (secondary N) is 1. The van der Waals surface area contributed by atoms with E-state index < -0.39 is 36.0 Å². The van der Waals surface area contributed by atoms with Crippen molar-refractivity contribution in [1.82, 2.24) is 24.9 Å². The molecule has 2 N–H and O–H groups in total. The number of rotatable bonds is 14. The molecule has 1 saturated heterocycles. The fourth-order valence-corrected chi connectivity index (χ4v) is 4.51. The van der Waals surface area contributed by atoms with E-state index >= 15 is 0 Å². The number of hydrogen-bond acceptors (Lipinski definition) is 14. The van der Waals surface area contributed by atoms with Crippen LogP contribution in [0.15, 0.2) is 30.3 Å². The van der Waals surface area contributed by atoms with Gasteiger partial charge in [-0.25, -0.2) is 0 Å². The maximum absolute atomic E-state index is 11.6. The number of benzene rings is 1. The van der Waals surface area contributed by atoms with Gasteiger partial charge in [-0.3, -0.25) is 19.6 Å². The summed E-state index contributed by atoms with van der Waals surface area (Å²) in [4.78, 5) is 52.0. The molecule has 2 unspecified atom stereocenters. The molecule has 1 radical (unpaired) electrons. The summed E-state index contributed by atoms with van der Waals surface area (Å²) >= 11 is 0. The minimum Gasteiger partial charge on any atom is -0.549 e. The Balaban J connectivity index is 0.00000840. The molecule has 14 nitrogen and oxygen atoms in total. The molecular weight excluding hydrogens is 707 g/mol. The number of nitrogens with zero attached hydrogens (tertiary/aromatic N) is 4. The largest absolute Gasteiger partial charge is 3.00 e. The third kappa shape index (κ3) is 18.1. The van der Waals surface area contributed by atoms with Crippen molar-refractivity contribution in [3.63, 3.8) is 0 Å². The molecule has 0 saturated carbocycles. The maximum Gasteiger partial charge on any atom is 3.00 e. The molecule has 16 heteroatoms. The van der Waals surface area contributed by atoms with E-state index in [1.807, 2.05) is 11.0 Å². The first kappa shape index (κ1) is 41.2. The number of carbonyl (C=O) groups is 4. The molecule has 1 aliphatic rings. The number of aliphatic carboxylic acids is 4. The van der Waals surface area contributed by atoms with E-state index in [4.69, 9.17) is 0 Å². The van der Waals surface area contributed by atoms with Crippen LogP contribution >= 0.6 is 0 Å². The maximum atomic E-state index is 11.6. The second-order valence-corrected chi connectivity index (χ2v) is 9.87. The van der Waals surface area contributed by atoms with Crippen LogP contribution < -0.4 is 55.3 Å². The van der Waals surface area contributed by atoms with E-state index in [-0.39, 0.29) is 148 Å². The molecule has 229 valence electrons. The van der Waals surface area contributed by atoms with Crippen LogP contribution in [0, 0.1) is 39.9 Å². The van der Waals surface area contributed by atoms with Crippen molar-refractivity contribution in [3.05, 3.63) is 35.9 Å². The molecule has 2 atom stereocenters. The molecule has 0 aromatic heterocycles. The number of carbonyl (C=O) groups excluding carboxylic acids is 4. The van der Waals surface area contributed by atoms with E-state index in [1.165, 1.54) is 0 Å². The van der Waals surface area contributed by atoms with Crippen LogP contribution in [-0.2, 0) is 25.6 Å². The van der Waals surface area contributed by atoms with Gasteiger partial charge in [0.1, 0.15) is 0 Å². The van der Waals surface area contributed by atoms with Gasteiger partial charge >= 0.3 is 69.5 Å². The van der Waals surface area contributed by atoms with Crippen LogP contribution in [0.4, 0.5) is 0 Å². The molecule has 0 spiro atoms. The summed E-state index contributed by atoms with van der Waals surface area (Å²) < 4.78 is 0. The Bertz CT molecular complexity index is 933. The first-order valence-corrected chi connectivity index (χ1v) is 13.2. The van der Waals surface area contributed by atoms with Gasteiger partial charge < -0.3 is 50.0 Å². The van der Waals surface area contributed by atoms with Gasteiger partial charge in [-0.1, -0.05) is 30.3 Å². The molecule has 1 aliphatic heterocycles. The molecule has 0 bridgehead atoms. The average molecular weight is 744 g/mol. The van der Waals surface area contributed by atoms with Gasteiger partial charge in [0, 0.05) is 85.1 Å². The molecule has 1 aromatic rings. The third-order valence-corrected chi connectivity index (χ3v) is 6.62. The predicted octanol–water partition coefficient (Wildman–Crippen LogP) is -10.2. The molecule has 1 fully saturated rings. The van der Waals surface area contributed by atoms with Crippen LogP contribution in [0.3, 0.4) is 0 Å². The molecule has 1 aromatic carbocycles. The van der Waals surface area contributed by atoms with Crippen molar-refractivity contribution in [1.29, 1.82) is 0 Å². The Kier molecular flexibility index (Phi) is 22.2. The second kappa shape index (κ2) is 22.7. The van der Waals surface area contributed by atoms with E-state index in [0.29, 0.717) is 13.1 Å². The van der Waals surface area contributed by atoms with Crippen molar-refractivity contribution >= 4 is 23.9 Å². The average Bonchev–Trinajstić information content (AvgIpc) is 2.87. The standard InChI is InChI=1S/C26H41N5O9.Gd.Na/c32-21(15-27-22(26(39)40)14-20-4-2-1-3-5-20)16-28-6-8-29(17-23(33)34)10-12-31(19-25(37)38)13-11-30(9-7-28)18-24(35)36;;/h1-5,21-22,27,32H,6-19H2,(H,33,34)(H,35,36)(H,37,38)(H,39,40);;/q;+3;+1/p-4. The van der Waals surface area contributed by atoms with Gasteiger partial charge in [0.05, 0.1) is 36.0 Å². The Morgan fingerprint density at radius 2 is 1.10 bits per heavy atom. The Morgan fingerprint density at radius 1 is 0.714 bits per heavy atom. The SMILES string of the molecule is O=C([O-])CN1CCN(CC(=O)[O-])CCN(CC(O)CNC(Cc2ccccc2)C(=O)[O-])CCN(CC(=O)[O-])CC1.[Gd+3].[Na+]. The van der Waals surface area contributed by atoms with E-state index in [2.05, 4.69) is 5.32 Å². The van der Waals surface area contributed by atoms with Crippen molar-refractivity contribution in [3.8, 4) is 0 Å². The smallest absolute Gasteiger partial charge is 0.549 e. The van der Waals surface area contributed by atoms with Gasteiger partial charge in [-0.2, -0.15) is 0 Å². The zero-order valence-electron chi connectivity index (χ0n) is 23.8. The molecule has 0 amide bonds. The monoisotopic (exact) mass is 744 g/mol. The van der Waals surface area contributed by atoms with E-state index in [9.17, 15) is 44.7 Å². The van der Waals surface area contributed by atoms with Gasteiger partial charge in [-0.05, 0) is 12.0 Å². The van der Waals surface area contributed by atoms with Gasteiger partial charge in [0.2, 0.25) is 0 Å². The molecule has 0 aliphatic carbocycles. The van der Waals surface area contributed by atoms with Crippen molar-refractivity contribution < 1.29 is 114 Å². The number of carboxylic acids is 4. The van der Waals surface area contributed by atoms with Crippen LogP contribution in [0.1, 0.15) is 5.56 Å². The Hall–Kier alpha value is -0.815. The van der Waals surface area contributed by atoms with Gasteiger partial charge in [-0.15, -0.1) is 0 Å². The normalized spacial score (nSPS) is 17.8. The minimum atomic E-state index is -1.30. The number of aliphatic hydroxyl groups is 1. The summed E-state index contributed by atoms with van der Waals surface area (Å²) in [7, 11) is 0. The summed E-state index contributed by atoms with van der Waals surface area (Å²) in [5.41, 5.74) is 0.793. The zero-order chi connectivity index (χ0) is 29.5. The summed E-state index contributed by atoms with van der Waals surface area (Å²) in [5.74, 6) is -5.18. The van der Waals surface area contributed by atoms with Crippen molar-refractivity contribution in [2.24, 2.45) is 0 Å². The van der Waals surface area contributed by atoms with E-state index in [0.717, 1.165) is 5.56 Å². The molecule has 42 heavy (non-hydrogen) atoms. The number of aliphatic hydroxyl groups excluding tert-OH is 1. The minimum absolute atomic E-state index is 0. The number of β-amino-alcohol motifs (C(OH)–C–C–N with tert-alkyl or cyclic N) is 1. The van der Waals surface area contributed by atoms with Gasteiger partial charge in [0.25, 0.3) is 0 Å². The van der Waals surface area contributed by atoms with Crippen LogP contribution in [0.25, 0.3) is 0 Å². The second-order valence-electron chi connectivity index (χ2n) is 9.87. The summed E-state index contributed by atoms with van der Waals surface area (Å²) in [6.07, 6.45) is -0.821. The number of carboxylic acid groups (broad SMARTS) is 4. The van der Waals surface area contributed by atoms with E-state index in [1.54, 1.807) is 39.0 Å². The van der Waals surface area contributed by atoms with Crippen LogP contribution in [0.5, 0.6) is 0 Å². The van der Waals surface area contributed by atoms with Crippen LogP contribution in [0.2, 0.25) is 0 Å². The Morgan fingerprint density at radius 3 is 1.45 bits per heavy atom. The third-order valence-electron chi connectivity index (χ3n) is 6.62. The first-order chi connectivity index (χ1) is 19.0.